The van der Waals surface area contributed by atoms with Crippen LogP contribution >= 0.6 is 23.1 Å². The number of aromatic nitrogens is 2. The molecule has 0 saturated carbocycles. The van der Waals surface area contributed by atoms with Gasteiger partial charge in [-0.15, -0.1) is 11.3 Å². The van der Waals surface area contributed by atoms with Crippen LogP contribution in [-0.4, -0.2) is 47.2 Å². The first kappa shape index (κ1) is 22.0. The Morgan fingerprint density at radius 1 is 1.32 bits per heavy atom. The fourth-order valence-electron chi connectivity index (χ4n) is 3.68. The van der Waals surface area contributed by atoms with Gasteiger partial charge in [0.25, 0.3) is 5.56 Å². The molecule has 1 amide bonds. The van der Waals surface area contributed by atoms with Gasteiger partial charge in [0, 0.05) is 10.9 Å². The third-order valence-corrected chi connectivity index (χ3v) is 9.17. The number of carbonyl (C=O) groups excluding carboxylic acids is 1. The van der Waals surface area contributed by atoms with Crippen LogP contribution in [0, 0.1) is 20.8 Å². The second-order valence-electron chi connectivity index (χ2n) is 7.79. The topological polar surface area (TPSA) is 98.1 Å². The Hall–Kier alpha value is -2.17. The molecule has 0 bridgehead atoms. The van der Waals surface area contributed by atoms with Crippen molar-refractivity contribution in [2.75, 3.05) is 17.3 Å². The summed E-state index contributed by atoms with van der Waals surface area (Å²) in [4.78, 5) is 32.3. The molecular weight excluding hydrogens is 454 g/mol. The Labute approximate surface area is 188 Å². The number of rotatable bonds is 5. The van der Waals surface area contributed by atoms with E-state index in [0.29, 0.717) is 27.5 Å². The van der Waals surface area contributed by atoms with Gasteiger partial charge in [-0.05, 0) is 50.5 Å². The summed E-state index contributed by atoms with van der Waals surface area (Å²) >= 11 is 2.65. The van der Waals surface area contributed by atoms with E-state index in [1.54, 1.807) is 4.57 Å². The molecule has 10 heteroatoms. The van der Waals surface area contributed by atoms with E-state index < -0.39 is 9.84 Å². The molecule has 0 unspecified atom stereocenters. The first-order valence-corrected chi connectivity index (χ1v) is 13.5. The van der Waals surface area contributed by atoms with Gasteiger partial charge in [0.05, 0.1) is 28.3 Å². The number of benzene rings is 1. The van der Waals surface area contributed by atoms with E-state index in [9.17, 15) is 18.0 Å². The van der Waals surface area contributed by atoms with Crippen LogP contribution in [0.3, 0.4) is 0 Å². The number of thioether (sulfide) groups is 1. The van der Waals surface area contributed by atoms with Crippen LogP contribution in [0.1, 0.15) is 22.4 Å². The molecule has 1 N–H and O–H groups in total. The average Bonchev–Trinajstić information content (AvgIpc) is 3.18. The Morgan fingerprint density at radius 2 is 2.10 bits per heavy atom. The molecule has 0 aliphatic carbocycles. The fourth-order valence-corrected chi connectivity index (χ4v) is 7.24. The minimum atomic E-state index is -3.06. The maximum absolute atomic E-state index is 13.4. The lowest BCUT2D eigenvalue weighted by Crippen LogP contribution is -2.36. The highest BCUT2D eigenvalue weighted by atomic mass is 32.2. The normalized spacial score (nSPS) is 17.8. The van der Waals surface area contributed by atoms with Crippen LogP contribution < -0.4 is 10.9 Å². The van der Waals surface area contributed by atoms with E-state index in [0.717, 1.165) is 16.0 Å². The van der Waals surface area contributed by atoms with Crippen LogP contribution in [0.15, 0.2) is 34.2 Å². The van der Waals surface area contributed by atoms with Crippen molar-refractivity contribution < 1.29 is 13.2 Å². The van der Waals surface area contributed by atoms with Crippen LogP contribution in [0.5, 0.6) is 0 Å². The number of thiophene rings is 1. The first-order valence-electron chi connectivity index (χ1n) is 9.87. The van der Waals surface area contributed by atoms with Crippen molar-refractivity contribution in [2.24, 2.45) is 0 Å². The summed E-state index contributed by atoms with van der Waals surface area (Å²) in [7, 11) is -3.06. The Morgan fingerprint density at radius 3 is 2.77 bits per heavy atom. The molecule has 1 aromatic carbocycles. The third kappa shape index (κ3) is 4.56. The number of carbonyl (C=O) groups is 1. The van der Waals surface area contributed by atoms with E-state index in [2.05, 4.69) is 5.32 Å². The summed E-state index contributed by atoms with van der Waals surface area (Å²) in [5.41, 5.74) is 2.49. The van der Waals surface area contributed by atoms with E-state index in [4.69, 9.17) is 4.98 Å². The lowest BCUT2D eigenvalue weighted by atomic mass is 10.2. The zero-order valence-corrected chi connectivity index (χ0v) is 19.9. The quantitative estimate of drug-likeness (QED) is 0.448. The average molecular weight is 478 g/mol. The molecule has 1 aliphatic rings. The van der Waals surface area contributed by atoms with Crippen molar-refractivity contribution in [2.45, 2.75) is 38.4 Å². The lowest BCUT2D eigenvalue weighted by molar-refractivity contribution is -0.119. The second-order valence-corrected chi connectivity index (χ2v) is 12.2. The number of sulfone groups is 1. The molecule has 1 atom stereocenters. The van der Waals surface area contributed by atoms with Crippen LogP contribution in [0.2, 0.25) is 0 Å². The molecule has 0 radical (unpaired) electrons. The minimum Gasteiger partial charge on any atom is -0.352 e. The van der Waals surface area contributed by atoms with Crippen LogP contribution in [-0.2, 0) is 14.6 Å². The maximum atomic E-state index is 13.4. The van der Waals surface area contributed by atoms with Gasteiger partial charge in [0.2, 0.25) is 5.91 Å². The summed E-state index contributed by atoms with van der Waals surface area (Å²) in [6.07, 6.45) is 0.435. The molecule has 2 aromatic heterocycles. The van der Waals surface area contributed by atoms with E-state index in [1.807, 2.05) is 45.0 Å². The summed E-state index contributed by atoms with van der Waals surface area (Å²) < 4.78 is 24.8. The van der Waals surface area contributed by atoms with Crippen molar-refractivity contribution in [1.82, 2.24) is 14.9 Å². The van der Waals surface area contributed by atoms with E-state index >= 15 is 0 Å². The fraction of sp³-hybridized carbons (Fsp3) is 0.381. The number of fused-ring (bicyclic) bond motifs is 1. The highest BCUT2D eigenvalue weighted by Crippen LogP contribution is 2.29. The summed E-state index contributed by atoms with van der Waals surface area (Å²) in [6.45, 7) is 5.85. The second kappa shape index (κ2) is 8.40. The highest BCUT2D eigenvalue weighted by molar-refractivity contribution is 7.99. The Bertz CT molecular complexity index is 1340. The molecule has 1 aliphatic heterocycles. The standard InChI is InChI=1S/C21H23N3O4S3/c1-12-5-4-6-16(9-12)24-20(26)18-13(2)14(3)30-19(18)23-21(24)29-10-17(25)22-15-7-8-31(27,28)11-15/h4-6,9,15H,7-8,10-11H2,1-3H3,(H,22,25)/t15-/m0/s1. The minimum absolute atomic E-state index is 0.0185. The molecule has 1 fully saturated rings. The van der Waals surface area contributed by atoms with Crippen molar-refractivity contribution in [3.05, 3.63) is 50.6 Å². The molecule has 0 spiro atoms. The van der Waals surface area contributed by atoms with Gasteiger partial charge >= 0.3 is 0 Å². The summed E-state index contributed by atoms with van der Waals surface area (Å²) in [5.74, 6) is -0.137. The van der Waals surface area contributed by atoms with Gasteiger partial charge in [0.1, 0.15) is 4.83 Å². The van der Waals surface area contributed by atoms with Crippen molar-refractivity contribution >= 4 is 49.1 Å². The van der Waals surface area contributed by atoms with Gasteiger partial charge in [-0.3, -0.25) is 14.2 Å². The zero-order chi connectivity index (χ0) is 22.3. The predicted octanol–water partition coefficient (Wildman–Crippen LogP) is 2.77. The van der Waals surface area contributed by atoms with Crippen molar-refractivity contribution in [1.29, 1.82) is 0 Å². The van der Waals surface area contributed by atoms with E-state index in [1.165, 1.54) is 23.1 Å². The molecular formula is C21H23N3O4S3. The van der Waals surface area contributed by atoms with Crippen molar-refractivity contribution in [3.63, 3.8) is 0 Å². The molecule has 7 nitrogen and oxygen atoms in total. The predicted molar refractivity (Wildman–Crippen MR) is 125 cm³/mol. The van der Waals surface area contributed by atoms with Gasteiger partial charge in [-0.25, -0.2) is 13.4 Å². The number of aryl methyl sites for hydroxylation is 3. The number of amides is 1. The largest absolute Gasteiger partial charge is 0.352 e. The van der Waals surface area contributed by atoms with E-state index in [-0.39, 0.29) is 34.8 Å². The number of hydrogen-bond donors (Lipinski definition) is 1. The molecule has 164 valence electrons. The monoisotopic (exact) mass is 477 g/mol. The molecule has 1 saturated heterocycles. The third-order valence-electron chi connectivity index (χ3n) is 5.36. The number of nitrogens with one attached hydrogen (secondary N) is 1. The van der Waals surface area contributed by atoms with Gasteiger partial charge in [0.15, 0.2) is 15.0 Å². The summed E-state index contributed by atoms with van der Waals surface area (Å²) in [6, 6.07) is 7.25. The smallest absolute Gasteiger partial charge is 0.267 e. The number of hydrogen-bond acceptors (Lipinski definition) is 7. The van der Waals surface area contributed by atoms with Gasteiger partial charge in [-0.2, -0.15) is 0 Å². The zero-order valence-electron chi connectivity index (χ0n) is 17.5. The van der Waals surface area contributed by atoms with Gasteiger partial charge < -0.3 is 5.32 Å². The lowest BCUT2D eigenvalue weighted by Gasteiger charge is -2.14. The van der Waals surface area contributed by atoms with Gasteiger partial charge in [-0.1, -0.05) is 23.9 Å². The molecule has 3 aromatic rings. The summed E-state index contributed by atoms with van der Waals surface area (Å²) in [5, 5.41) is 3.84. The van der Waals surface area contributed by atoms with Crippen molar-refractivity contribution in [3.8, 4) is 5.69 Å². The highest BCUT2D eigenvalue weighted by Gasteiger charge is 2.29. The molecule has 4 rings (SSSR count). The Balaban J connectivity index is 1.67. The number of nitrogens with zero attached hydrogens (tertiary/aromatic N) is 2. The molecule has 3 heterocycles. The van der Waals surface area contributed by atoms with Crippen LogP contribution in [0.25, 0.3) is 15.9 Å². The maximum Gasteiger partial charge on any atom is 0.267 e. The Kier molecular flexibility index (Phi) is 5.97. The molecule has 31 heavy (non-hydrogen) atoms. The first-order chi connectivity index (χ1) is 14.6. The van der Waals surface area contributed by atoms with Crippen LogP contribution in [0.4, 0.5) is 0 Å². The SMILES string of the molecule is Cc1cccc(-n2c(SCC(=O)N[C@H]3CCS(=O)(=O)C3)nc3sc(C)c(C)c3c2=O)c1.